The third kappa shape index (κ3) is 2.19. The van der Waals surface area contributed by atoms with E-state index in [9.17, 15) is 4.79 Å². The minimum absolute atomic E-state index is 0.168. The molecule has 12 heavy (non-hydrogen) atoms. The normalized spacial score (nSPS) is 34.7. The fourth-order valence-electron chi connectivity index (χ4n) is 1.24. The summed E-state index contributed by atoms with van der Waals surface area (Å²) in [5.41, 5.74) is 0. The van der Waals surface area contributed by atoms with Gasteiger partial charge in [-0.15, -0.1) is 0 Å². The van der Waals surface area contributed by atoms with Crippen molar-refractivity contribution in [2.45, 2.75) is 32.7 Å². The van der Waals surface area contributed by atoms with Crippen molar-refractivity contribution in [1.29, 1.82) is 0 Å². The number of halogens is 1. The highest BCUT2D eigenvalue weighted by Crippen LogP contribution is 2.26. The van der Waals surface area contributed by atoms with Crippen LogP contribution in [0.25, 0.3) is 0 Å². The van der Waals surface area contributed by atoms with E-state index in [1.54, 1.807) is 0 Å². The molecule has 0 spiro atoms. The first-order valence-electron chi connectivity index (χ1n) is 3.93. The van der Waals surface area contributed by atoms with Crippen molar-refractivity contribution in [3.63, 3.8) is 0 Å². The first-order chi connectivity index (χ1) is 5.42. The molecule has 1 aliphatic rings. The van der Waals surface area contributed by atoms with Crippen molar-refractivity contribution in [3.05, 3.63) is 0 Å². The second-order valence-electron chi connectivity index (χ2n) is 3.44. The number of ether oxygens (including phenoxy) is 2. The Morgan fingerprint density at radius 3 is 2.58 bits per heavy atom. The van der Waals surface area contributed by atoms with E-state index in [0.717, 1.165) is 0 Å². The minimum Gasteiger partial charge on any atom is -0.350 e. The van der Waals surface area contributed by atoms with E-state index in [2.05, 4.69) is 0 Å². The van der Waals surface area contributed by atoms with Crippen molar-refractivity contribution in [3.8, 4) is 0 Å². The molecular weight excluding hydrogens is 180 g/mol. The van der Waals surface area contributed by atoms with Crippen LogP contribution in [0.5, 0.6) is 0 Å². The van der Waals surface area contributed by atoms with Crippen molar-refractivity contribution in [2.24, 2.45) is 5.92 Å². The highest BCUT2D eigenvalue weighted by atomic mass is 35.5. The summed E-state index contributed by atoms with van der Waals surface area (Å²) in [4.78, 5) is 10.8. The first kappa shape index (κ1) is 9.96. The number of rotatable bonds is 1. The minimum atomic E-state index is -0.595. The van der Waals surface area contributed by atoms with Gasteiger partial charge in [0.1, 0.15) is 0 Å². The van der Waals surface area contributed by atoms with Crippen LogP contribution in [-0.4, -0.2) is 23.7 Å². The van der Waals surface area contributed by atoms with Crippen LogP contribution in [0.1, 0.15) is 20.8 Å². The van der Waals surface area contributed by atoms with Crippen molar-refractivity contribution in [1.82, 2.24) is 0 Å². The zero-order valence-electron chi connectivity index (χ0n) is 7.46. The first-order valence-corrected chi connectivity index (χ1v) is 4.31. The molecule has 0 aromatic heterocycles. The molecule has 1 heterocycles. The van der Waals surface area contributed by atoms with E-state index in [1.165, 1.54) is 0 Å². The molecule has 70 valence electrons. The summed E-state index contributed by atoms with van der Waals surface area (Å²) in [5, 5.41) is -0.391. The van der Waals surface area contributed by atoms with E-state index in [1.807, 2.05) is 20.8 Å². The topological polar surface area (TPSA) is 35.5 Å². The van der Waals surface area contributed by atoms with Gasteiger partial charge in [0.05, 0.1) is 18.6 Å². The van der Waals surface area contributed by atoms with Crippen LogP contribution in [0.15, 0.2) is 0 Å². The Kier molecular flexibility index (Phi) is 2.76. The molecule has 0 aromatic rings. The Hall–Kier alpha value is -0.120. The standard InChI is InChI=1S/C8H13ClO3/c1-5-6(7(9)10)4-11-8(2,3)12-5/h5-6H,4H2,1-3H3. The van der Waals surface area contributed by atoms with Gasteiger partial charge in [-0.05, 0) is 32.4 Å². The number of hydrogen-bond acceptors (Lipinski definition) is 3. The highest BCUT2D eigenvalue weighted by molar-refractivity contribution is 6.64. The molecule has 0 radical (unpaired) electrons. The zero-order chi connectivity index (χ0) is 9.35. The Balaban J connectivity index is 2.60. The molecule has 4 heteroatoms. The van der Waals surface area contributed by atoms with Crippen LogP contribution in [0.2, 0.25) is 0 Å². The van der Waals surface area contributed by atoms with Gasteiger partial charge in [0, 0.05) is 0 Å². The highest BCUT2D eigenvalue weighted by Gasteiger charge is 2.36. The van der Waals surface area contributed by atoms with Crippen LogP contribution in [-0.2, 0) is 14.3 Å². The summed E-state index contributed by atoms with van der Waals surface area (Å²) in [6, 6.07) is 0. The second-order valence-corrected chi connectivity index (χ2v) is 3.82. The summed E-state index contributed by atoms with van der Waals surface area (Å²) in [7, 11) is 0. The molecular formula is C8H13ClO3. The van der Waals surface area contributed by atoms with Gasteiger partial charge in [0.15, 0.2) is 5.79 Å². The molecule has 1 saturated heterocycles. The quantitative estimate of drug-likeness (QED) is 0.592. The molecule has 0 aliphatic carbocycles. The summed E-state index contributed by atoms with van der Waals surface area (Å²) in [5.74, 6) is -0.929. The molecule has 2 atom stereocenters. The summed E-state index contributed by atoms with van der Waals surface area (Å²) in [6.45, 7) is 5.81. The molecule has 2 unspecified atom stereocenters. The van der Waals surface area contributed by atoms with Gasteiger partial charge in [-0.1, -0.05) is 0 Å². The Morgan fingerprint density at radius 1 is 1.58 bits per heavy atom. The molecule has 1 rings (SSSR count). The summed E-state index contributed by atoms with van der Waals surface area (Å²) >= 11 is 5.35. The van der Waals surface area contributed by atoms with Gasteiger partial charge >= 0.3 is 0 Å². The van der Waals surface area contributed by atoms with Gasteiger partial charge in [-0.2, -0.15) is 0 Å². The Labute approximate surface area is 77.0 Å². The average Bonchev–Trinajstić information content (AvgIpc) is 1.83. The monoisotopic (exact) mass is 192 g/mol. The molecule has 0 N–H and O–H groups in total. The second kappa shape index (κ2) is 3.32. The predicted octanol–water partition coefficient (Wildman–Crippen LogP) is 1.54. The molecule has 1 aliphatic heterocycles. The van der Waals surface area contributed by atoms with E-state index in [-0.39, 0.29) is 12.0 Å². The molecule has 0 amide bonds. The number of carbonyl (C=O) groups is 1. The predicted molar refractivity (Wildman–Crippen MR) is 44.9 cm³/mol. The maximum absolute atomic E-state index is 10.8. The third-order valence-corrected chi connectivity index (χ3v) is 2.22. The van der Waals surface area contributed by atoms with Gasteiger partial charge in [-0.3, -0.25) is 4.79 Å². The van der Waals surface area contributed by atoms with Gasteiger partial charge < -0.3 is 9.47 Å². The van der Waals surface area contributed by atoms with Gasteiger partial charge in [-0.25, -0.2) is 0 Å². The smallest absolute Gasteiger partial charge is 0.229 e. The fourth-order valence-corrected chi connectivity index (χ4v) is 1.48. The number of carbonyl (C=O) groups excluding carboxylic acids is 1. The van der Waals surface area contributed by atoms with Crippen LogP contribution >= 0.6 is 11.6 Å². The van der Waals surface area contributed by atoms with Crippen LogP contribution in [0.4, 0.5) is 0 Å². The van der Waals surface area contributed by atoms with Crippen LogP contribution < -0.4 is 0 Å². The lowest BCUT2D eigenvalue weighted by Gasteiger charge is -2.38. The maximum Gasteiger partial charge on any atom is 0.229 e. The van der Waals surface area contributed by atoms with Crippen molar-refractivity contribution in [2.75, 3.05) is 6.61 Å². The molecule has 3 nitrogen and oxygen atoms in total. The van der Waals surface area contributed by atoms with Gasteiger partial charge in [0.2, 0.25) is 5.24 Å². The lowest BCUT2D eigenvalue weighted by atomic mass is 10.0. The van der Waals surface area contributed by atoms with Crippen LogP contribution in [0.3, 0.4) is 0 Å². The average molecular weight is 193 g/mol. The Morgan fingerprint density at radius 2 is 2.17 bits per heavy atom. The SMILES string of the molecule is CC1OC(C)(C)OCC1C(=O)Cl. The fraction of sp³-hybridized carbons (Fsp3) is 0.875. The van der Waals surface area contributed by atoms with E-state index < -0.39 is 11.0 Å². The van der Waals surface area contributed by atoms with E-state index in [4.69, 9.17) is 21.1 Å². The van der Waals surface area contributed by atoms with Gasteiger partial charge in [0.25, 0.3) is 0 Å². The van der Waals surface area contributed by atoms with E-state index >= 15 is 0 Å². The maximum atomic E-state index is 10.8. The zero-order valence-corrected chi connectivity index (χ0v) is 8.22. The summed E-state index contributed by atoms with van der Waals surface area (Å²) in [6.07, 6.45) is -0.168. The largest absolute Gasteiger partial charge is 0.350 e. The molecule has 0 saturated carbocycles. The third-order valence-electron chi connectivity index (χ3n) is 1.94. The number of hydrogen-bond donors (Lipinski definition) is 0. The Bertz CT molecular complexity index is 191. The van der Waals surface area contributed by atoms with Crippen molar-refractivity contribution >= 4 is 16.8 Å². The summed E-state index contributed by atoms with van der Waals surface area (Å²) < 4.78 is 10.7. The lowest BCUT2D eigenvalue weighted by molar-refractivity contribution is -0.283. The van der Waals surface area contributed by atoms with Crippen molar-refractivity contribution < 1.29 is 14.3 Å². The van der Waals surface area contributed by atoms with E-state index in [0.29, 0.717) is 6.61 Å². The molecule has 0 bridgehead atoms. The molecule has 1 fully saturated rings. The lowest BCUT2D eigenvalue weighted by Crippen LogP contribution is -2.46. The molecule has 0 aromatic carbocycles. The van der Waals surface area contributed by atoms with Crippen LogP contribution in [0, 0.1) is 5.92 Å².